The summed E-state index contributed by atoms with van der Waals surface area (Å²) in [6.45, 7) is 3.72. The molecule has 0 aliphatic carbocycles. The molecular formula is C16H14N2O3S. The van der Waals surface area contributed by atoms with Gasteiger partial charge in [0.1, 0.15) is 4.88 Å². The second kappa shape index (κ2) is 6.11. The molecule has 1 atom stereocenters. The van der Waals surface area contributed by atoms with Crippen molar-refractivity contribution in [2.24, 2.45) is 0 Å². The van der Waals surface area contributed by atoms with E-state index in [9.17, 15) is 4.79 Å². The molecule has 1 aromatic carbocycles. The number of nitrogens with zero attached hydrogens (tertiary/aromatic N) is 2. The maximum absolute atomic E-state index is 11.9. The van der Waals surface area contributed by atoms with Crippen LogP contribution in [-0.2, 0) is 4.74 Å². The molecule has 22 heavy (non-hydrogen) atoms. The Morgan fingerprint density at radius 3 is 2.68 bits per heavy atom. The van der Waals surface area contributed by atoms with E-state index in [1.165, 1.54) is 11.3 Å². The quantitative estimate of drug-likeness (QED) is 0.680. The first-order valence-corrected chi connectivity index (χ1v) is 7.66. The summed E-state index contributed by atoms with van der Waals surface area (Å²) in [6, 6.07) is 11.3. The number of aromatic nitrogens is 2. The van der Waals surface area contributed by atoms with E-state index in [4.69, 9.17) is 9.15 Å². The summed E-state index contributed by atoms with van der Waals surface area (Å²) in [4.78, 5) is 12.4. The number of benzene rings is 1. The zero-order valence-electron chi connectivity index (χ0n) is 12.1. The number of carbonyl (C=O) groups excluding carboxylic acids is 1. The average Bonchev–Trinajstić information content (AvgIpc) is 3.20. The Hall–Kier alpha value is -2.47. The Labute approximate surface area is 131 Å². The summed E-state index contributed by atoms with van der Waals surface area (Å²) in [5.74, 6) is 0.298. The number of hydrogen-bond donors (Lipinski definition) is 0. The van der Waals surface area contributed by atoms with E-state index in [1.807, 2.05) is 36.6 Å². The predicted molar refractivity (Wildman–Crippen MR) is 82.6 cm³/mol. The number of hydrogen-bond acceptors (Lipinski definition) is 6. The third-order valence-corrected chi connectivity index (χ3v) is 3.94. The lowest BCUT2D eigenvalue weighted by Crippen LogP contribution is -2.08. The minimum absolute atomic E-state index is 0.278. The lowest BCUT2D eigenvalue weighted by Gasteiger charge is -2.07. The van der Waals surface area contributed by atoms with Crippen LogP contribution < -0.4 is 0 Å². The molecule has 0 saturated carbocycles. The van der Waals surface area contributed by atoms with Crippen molar-refractivity contribution < 1.29 is 13.9 Å². The minimum Gasteiger partial charge on any atom is -0.448 e. The van der Waals surface area contributed by atoms with Crippen molar-refractivity contribution in [2.75, 3.05) is 0 Å². The Balaban J connectivity index is 1.73. The lowest BCUT2D eigenvalue weighted by molar-refractivity contribution is 0.0285. The lowest BCUT2D eigenvalue weighted by atomic mass is 10.1. The van der Waals surface area contributed by atoms with Crippen LogP contribution in [0.3, 0.4) is 0 Å². The summed E-state index contributed by atoms with van der Waals surface area (Å²) in [7, 11) is 0. The van der Waals surface area contributed by atoms with Gasteiger partial charge in [-0.2, -0.15) is 0 Å². The highest BCUT2D eigenvalue weighted by Gasteiger charge is 2.20. The third-order valence-electron chi connectivity index (χ3n) is 3.09. The van der Waals surface area contributed by atoms with E-state index in [2.05, 4.69) is 10.2 Å². The molecule has 112 valence electrons. The molecule has 0 fully saturated rings. The molecule has 0 saturated heterocycles. The highest BCUT2D eigenvalue weighted by atomic mass is 32.1. The van der Waals surface area contributed by atoms with Crippen LogP contribution >= 0.6 is 11.3 Å². The van der Waals surface area contributed by atoms with Gasteiger partial charge in [-0.05, 0) is 37.4 Å². The van der Waals surface area contributed by atoms with E-state index in [0.29, 0.717) is 10.8 Å². The SMILES string of the molecule is Cc1ccc(-c2nnc(C(C)OC(=O)c3cccs3)o2)cc1. The number of thiophene rings is 1. The van der Waals surface area contributed by atoms with Gasteiger partial charge in [-0.1, -0.05) is 23.8 Å². The zero-order valence-corrected chi connectivity index (χ0v) is 13.0. The first kappa shape index (κ1) is 14.5. The molecule has 0 spiro atoms. The topological polar surface area (TPSA) is 65.2 Å². The summed E-state index contributed by atoms with van der Waals surface area (Å²) in [6.07, 6.45) is -0.596. The zero-order chi connectivity index (χ0) is 15.5. The van der Waals surface area contributed by atoms with Crippen molar-refractivity contribution in [1.29, 1.82) is 0 Å². The van der Waals surface area contributed by atoms with Crippen molar-refractivity contribution in [3.05, 3.63) is 58.1 Å². The third kappa shape index (κ3) is 3.07. The van der Waals surface area contributed by atoms with E-state index in [0.717, 1.165) is 11.1 Å². The van der Waals surface area contributed by atoms with Gasteiger partial charge in [-0.15, -0.1) is 21.5 Å². The van der Waals surface area contributed by atoms with Crippen LogP contribution in [-0.4, -0.2) is 16.2 Å². The second-order valence-corrected chi connectivity index (χ2v) is 5.78. The number of esters is 1. The van der Waals surface area contributed by atoms with Crippen LogP contribution in [0.25, 0.3) is 11.5 Å². The molecule has 2 aromatic heterocycles. The molecule has 0 aliphatic heterocycles. The van der Waals surface area contributed by atoms with Crippen LogP contribution in [0, 0.1) is 6.92 Å². The average molecular weight is 314 g/mol. The van der Waals surface area contributed by atoms with Gasteiger partial charge in [0.25, 0.3) is 5.89 Å². The summed E-state index contributed by atoms with van der Waals surface area (Å²) < 4.78 is 10.9. The van der Waals surface area contributed by atoms with Crippen molar-refractivity contribution in [3.63, 3.8) is 0 Å². The first-order chi connectivity index (χ1) is 10.6. The van der Waals surface area contributed by atoms with Crippen molar-refractivity contribution in [2.45, 2.75) is 20.0 Å². The molecule has 3 aromatic rings. The van der Waals surface area contributed by atoms with Gasteiger partial charge < -0.3 is 9.15 Å². The van der Waals surface area contributed by atoms with Crippen molar-refractivity contribution in [1.82, 2.24) is 10.2 Å². The molecule has 2 heterocycles. The normalized spacial score (nSPS) is 12.1. The van der Waals surface area contributed by atoms with Crippen molar-refractivity contribution >= 4 is 17.3 Å². The number of aryl methyl sites for hydroxylation is 1. The van der Waals surface area contributed by atoms with Crippen LogP contribution in [0.15, 0.2) is 46.2 Å². The Morgan fingerprint density at radius 1 is 1.23 bits per heavy atom. The molecule has 0 N–H and O–H groups in total. The molecule has 0 bridgehead atoms. The van der Waals surface area contributed by atoms with Gasteiger partial charge in [0.05, 0.1) is 0 Å². The van der Waals surface area contributed by atoms with Crippen molar-refractivity contribution in [3.8, 4) is 11.5 Å². The van der Waals surface area contributed by atoms with Gasteiger partial charge in [-0.3, -0.25) is 0 Å². The van der Waals surface area contributed by atoms with Crippen LogP contribution in [0.2, 0.25) is 0 Å². The Morgan fingerprint density at radius 2 is 2.00 bits per heavy atom. The Bertz CT molecular complexity index is 763. The van der Waals surface area contributed by atoms with E-state index >= 15 is 0 Å². The highest BCUT2D eigenvalue weighted by Crippen LogP contribution is 2.24. The van der Waals surface area contributed by atoms with Gasteiger partial charge in [0, 0.05) is 5.56 Å². The number of rotatable bonds is 4. The highest BCUT2D eigenvalue weighted by molar-refractivity contribution is 7.11. The van der Waals surface area contributed by atoms with E-state index in [1.54, 1.807) is 19.1 Å². The fourth-order valence-corrected chi connectivity index (χ4v) is 2.48. The summed E-state index contributed by atoms with van der Waals surface area (Å²) in [5, 5.41) is 9.78. The fourth-order valence-electron chi connectivity index (χ4n) is 1.88. The summed E-state index contributed by atoms with van der Waals surface area (Å²) >= 11 is 1.33. The Kier molecular flexibility index (Phi) is 4.02. The van der Waals surface area contributed by atoms with Crippen LogP contribution in [0.5, 0.6) is 0 Å². The fraction of sp³-hybridized carbons (Fsp3) is 0.188. The largest absolute Gasteiger partial charge is 0.448 e. The summed E-state index contributed by atoms with van der Waals surface area (Å²) in [5.41, 5.74) is 1.99. The molecule has 0 aliphatic rings. The van der Waals surface area contributed by atoms with Gasteiger partial charge in [0.15, 0.2) is 6.10 Å². The molecule has 0 radical (unpaired) electrons. The molecule has 1 unspecified atom stereocenters. The standard InChI is InChI=1S/C16H14N2O3S/c1-10-5-7-12(8-6-10)15-18-17-14(21-15)11(2)20-16(19)13-4-3-9-22-13/h3-9,11H,1-2H3. The molecule has 0 amide bonds. The van der Waals surface area contributed by atoms with Gasteiger partial charge in [-0.25, -0.2) is 4.79 Å². The monoisotopic (exact) mass is 314 g/mol. The molecule has 5 nitrogen and oxygen atoms in total. The van der Waals surface area contributed by atoms with E-state index in [-0.39, 0.29) is 5.89 Å². The minimum atomic E-state index is -0.596. The number of carbonyl (C=O) groups is 1. The van der Waals surface area contributed by atoms with Crippen LogP contribution in [0.4, 0.5) is 0 Å². The van der Waals surface area contributed by atoms with Crippen LogP contribution in [0.1, 0.15) is 34.2 Å². The molecule has 3 rings (SSSR count). The molecule has 6 heteroatoms. The maximum atomic E-state index is 11.9. The predicted octanol–water partition coefficient (Wildman–Crippen LogP) is 4.02. The maximum Gasteiger partial charge on any atom is 0.349 e. The number of ether oxygens (including phenoxy) is 1. The van der Waals surface area contributed by atoms with E-state index < -0.39 is 12.1 Å². The van der Waals surface area contributed by atoms with Gasteiger partial charge >= 0.3 is 5.97 Å². The second-order valence-electron chi connectivity index (χ2n) is 4.84. The molecular weight excluding hydrogens is 300 g/mol. The first-order valence-electron chi connectivity index (χ1n) is 6.78. The smallest absolute Gasteiger partial charge is 0.349 e. The van der Waals surface area contributed by atoms with Gasteiger partial charge in [0.2, 0.25) is 5.89 Å².